The van der Waals surface area contributed by atoms with E-state index in [9.17, 15) is 64.5 Å². The van der Waals surface area contributed by atoms with Gasteiger partial charge in [-0.2, -0.15) is 0 Å². The Bertz CT molecular complexity index is 1450. The van der Waals surface area contributed by atoms with E-state index in [-0.39, 0.29) is 69.8 Å². The molecule has 0 aromatic carbocycles. The number of ether oxygens (including phenoxy) is 5. The fourth-order valence-corrected chi connectivity index (χ4v) is 7.35. The summed E-state index contributed by atoms with van der Waals surface area (Å²) in [6, 6.07) is -2.88. The van der Waals surface area contributed by atoms with Gasteiger partial charge in [-0.1, -0.05) is 6.42 Å². The topological polar surface area (TPSA) is 362 Å². The lowest BCUT2D eigenvalue weighted by atomic mass is 9.97. The molecule has 2 rings (SSSR count). The number of rotatable bonds is 33. The number of carbonyl (C=O) groups excluding carboxylic acids is 6. The maximum atomic E-state index is 12.9. The molecule has 2 aliphatic rings. The molecule has 0 aliphatic carbocycles. The molecule has 0 spiro atoms. The molecular formula is C42H76N6O18. The minimum absolute atomic E-state index is 0.000538. The van der Waals surface area contributed by atoms with Crippen LogP contribution in [-0.2, 0) is 52.5 Å². The van der Waals surface area contributed by atoms with Crippen LogP contribution in [0.5, 0.6) is 0 Å². The SMILES string of the molecule is COCC(CO)CCCCNC(=O)C[C@H](CCC(=O)NCCCCCO[C@@H]1OC(CO)[C@@H](O)[C@H](O)C1NC(C)=O)NC(=O)CNC(=O)CCCCO[C@@H]1OC(CO)[C@@H](O)[C@H](O)C1NC(C)=O. The second-order valence-electron chi connectivity index (χ2n) is 16.6. The largest absolute Gasteiger partial charge is 0.396 e. The predicted molar refractivity (Wildman–Crippen MR) is 231 cm³/mol. The zero-order valence-electron chi connectivity index (χ0n) is 38.4. The van der Waals surface area contributed by atoms with Crippen LogP contribution >= 0.6 is 0 Å². The standard InChI is InChI=1S/C42H76N6O18/c1-25(52)46-35-39(60)37(58)29(22-50)65-41(35)63-17-9-4-7-15-43-32(55)14-13-28(19-33(56)44-16-8-5-11-27(21-49)24-62-3)48-34(57)20-45-31(54)12-6-10-18-64-42-36(47-26(2)53)40(61)38(59)30(23-51)66-42/h27-30,35-42,49-51,58-61H,4-24H2,1-3H3,(H,43,55)(H,44,56)(H,45,54)(H,46,52)(H,47,53)(H,48,57)/t27?,28-,29?,30?,35?,36?,37+,38+,39+,40+,41+,42+/m0/s1. The number of hydrogen-bond donors (Lipinski definition) is 13. The number of methoxy groups -OCH3 is 1. The quantitative estimate of drug-likeness (QED) is 0.0277. The second kappa shape index (κ2) is 32.9. The van der Waals surface area contributed by atoms with Crippen LogP contribution in [0.1, 0.15) is 90.9 Å². The van der Waals surface area contributed by atoms with Gasteiger partial charge in [0.1, 0.15) is 48.7 Å². The molecule has 0 saturated carbocycles. The molecule has 24 heteroatoms. The van der Waals surface area contributed by atoms with E-state index < -0.39 is 104 Å². The summed E-state index contributed by atoms with van der Waals surface area (Å²) in [5.74, 6) is -2.62. The van der Waals surface area contributed by atoms with Gasteiger partial charge in [-0.05, 0) is 51.4 Å². The minimum atomic E-state index is -1.46. The van der Waals surface area contributed by atoms with Crippen molar-refractivity contribution in [1.82, 2.24) is 31.9 Å². The Morgan fingerprint density at radius 2 is 1.11 bits per heavy atom. The number of carbonyl (C=O) groups is 6. The molecule has 2 saturated heterocycles. The Labute approximate surface area is 385 Å². The van der Waals surface area contributed by atoms with Crippen molar-refractivity contribution in [3.8, 4) is 0 Å². The van der Waals surface area contributed by atoms with Crippen molar-refractivity contribution < 1.29 is 88.2 Å². The lowest BCUT2D eigenvalue weighted by Gasteiger charge is -2.42. The van der Waals surface area contributed by atoms with Crippen LogP contribution in [0.4, 0.5) is 0 Å². The van der Waals surface area contributed by atoms with Crippen molar-refractivity contribution >= 4 is 35.4 Å². The van der Waals surface area contributed by atoms with Gasteiger partial charge in [-0.3, -0.25) is 28.8 Å². The molecule has 5 unspecified atom stereocenters. The van der Waals surface area contributed by atoms with Gasteiger partial charge < -0.3 is 91.3 Å². The molecule has 0 aromatic heterocycles. The van der Waals surface area contributed by atoms with Gasteiger partial charge in [0.15, 0.2) is 12.6 Å². The molecule has 382 valence electrons. The van der Waals surface area contributed by atoms with Crippen LogP contribution in [0.3, 0.4) is 0 Å². The Morgan fingerprint density at radius 3 is 1.62 bits per heavy atom. The van der Waals surface area contributed by atoms with Crippen molar-refractivity contribution in [1.29, 1.82) is 0 Å². The van der Waals surface area contributed by atoms with Crippen LogP contribution in [0, 0.1) is 5.92 Å². The highest BCUT2D eigenvalue weighted by atomic mass is 16.7. The van der Waals surface area contributed by atoms with Crippen LogP contribution in [-0.4, -0.2) is 205 Å². The lowest BCUT2D eigenvalue weighted by Crippen LogP contribution is -2.64. The summed E-state index contributed by atoms with van der Waals surface area (Å²) in [4.78, 5) is 74.4. The Hall–Kier alpha value is -3.66. The van der Waals surface area contributed by atoms with Crippen molar-refractivity contribution in [2.24, 2.45) is 5.92 Å². The fraction of sp³-hybridized carbons (Fsp3) is 0.857. The molecule has 0 radical (unpaired) electrons. The molecule has 2 aliphatic heterocycles. The molecule has 12 atom stereocenters. The second-order valence-corrected chi connectivity index (χ2v) is 16.6. The summed E-state index contributed by atoms with van der Waals surface area (Å²) < 4.78 is 27.5. The van der Waals surface area contributed by atoms with Crippen LogP contribution in [0.15, 0.2) is 0 Å². The number of unbranched alkanes of at least 4 members (excludes halogenated alkanes) is 4. The molecule has 24 nitrogen and oxygen atoms in total. The van der Waals surface area contributed by atoms with E-state index >= 15 is 0 Å². The van der Waals surface area contributed by atoms with Gasteiger partial charge in [0.25, 0.3) is 0 Å². The molecule has 6 amide bonds. The van der Waals surface area contributed by atoms with Crippen molar-refractivity contribution in [2.75, 3.05) is 66.4 Å². The van der Waals surface area contributed by atoms with Crippen LogP contribution in [0.25, 0.3) is 0 Å². The van der Waals surface area contributed by atoms with Gasteiger partial charge >= 0.3 is 0 Å². The van der Waals surface area contributed by atoms with E-state index in [4.69, 9.17) is 23.7 Å². The minimum Gasteiger partial charge on any atom is -0.396 e. The molecule has 0 aromatic rings. The van der Waals surface area contributed by atoms with E-state index in [1.54, 1.807) is 7.11 Å². The summed E-state index contributed by atoms with van der Waals surface area (Å²) in [5, 5.41) is 85.5. The van der Waals surface area contributed by atoms with E-state index in [2.05, 4.69) is 31.9 Å². The van der Waals surface area contributed by atoms with Gasteiger partial charge in [0.05, 0.1) is 26.4 Å². The molecule has 66 heavy (non-hydrogen) atoms. The van der Waals surface area contributed by atoms with E-state index in [0.717, 1.165) is 12.8 Å². The van der Waals surface area contributed by atoms with E-state index in [1.807, 2.05) is 0 Å². The van der Waals surface area contributed by atoms with Gasteiger partial charge in [0.2, 0.25) is 35.4 Å². The smallest absolute Gasteiger partial charge is 0.239 e. The fourth-order valence-electron chi connectivity index (χ4n) is 7.35. The first-order valence-electron chi connectivity index (χ1n) is 22.8. The summed E-state index contributed by atoms with van der Waals surface area (Å²) in [6.45, 7) is 2.25. The summed E-state index contributed by atoms with van der Waals surface area (Å²) in [7, 11) is 1.56. The van der Waals surface area contributed by atoms with Crippen molar-refractivity contribution in [3.63, 3.8) is 0 Å². The average molecular weight is 953 g/mol. The molecule has 13 N–H and O–H groups in total. The monoisotopic (exact) mass is 953 g/mol. The predicted octanol–water partition coefficient (Wildman–Crippen LogP) is -4.32. The first kappa shape index (κ1) is 58.5. The normalized spacial score (nSPS) is 26.1. The lowest BCUT2D eigenvalue weighted by molar-refractivity contribution is -0.270. The zero-order valence-corrected chi connectivity index (χ0v) is 38.4. The highest BCUT2D eigenvalue weighted by molar-refractivity contribution is 5.85. The number of hydrogen-bond acceptors (Lipinski definition) is 18. The third kappa shape index (κ3) is 22.4. The number of amides is 6. The first-order valence-corrected chi connectivity index (χ1v) is 22.8. The number of aliphatic hydroxyl groups excluding tert-OH is 7. The molecular weight excluding hydrogens is 876 g/mol. The van der Waals surface area contributed by atoms with Crippen molar-refractivity contribution in [2.45, 2.75) is 158 Å². The Morgan fingerprint density at radius 1 is 0.591 bits per heavy atom. The number of aliphatic hydroxyl groups is 7. The third-order valence-corrected chi connectivity index (χ3v) is 11.0. The zero-order chi connectivity index (χ0) is 49.0. The van der Waals surface area contributed by atoms with Crippen LogP contribution in [0.2, 0.25) is 0 Å². The molecule has 2 fully saturated rings. The summed E-state index contributed by atoms with van der Waals surface area (Å²) in [6.07, 6.45) is -5.73. The summed E-state index contributed by atoms with van der Waals surface area (Å²) >= 11 is 0. The maximum absolute atomic E-state index is 12.9. The van der Waals surface area contributed by atoms with Gasteiger partial charge in [0, 0.05) is 85.1 Å². The van der Waals surface area contributed by atoms with Gasteiger partial charge in [-0.15, -0.1) is 0 Å². The number of nitrogens with one attached hydrogen (secondary N) is 6. The Balaban J connectivity index is 1.80. The molecule has 2 heterocycles. The van der Waals surface area contributed by atoms with Gasteiger partial charge in [-0.25, -0.2) is 0 Å². The third-order valence-electron chi connectivity index (χ3n) is 11.0. The van der Waals surface area contributed by atoms with E-state index in [0.29, 0.717) is 58.2 Å². The van der Waals surface area contributed by atoms with Crippen molar-refractivity contribution in [3.05, 3.63) is 0 Å². The Kier molecular flexibility index (Phi) is 29.2. The highest BCUT2D eigenvalue weighted by Gasteiger charge is 2.46. The molecule has 0 bridgehead atoms. The summed E-state index contributed by atoms with van der Waals surface area (Å²) in [5.41, 5.74) is 0. The first-order chi connectivity index (χ1) is 31.5. The van der Waals surface area contributed by atoms with Crippen LogP contribution < -0.4 is 31.9 Å². The average Bonchev–Trinajstić information content (AvgIpc) is 3.27. The van der Waals surface area contributed by atoms with E-state index in [1.165, 1.54) is 13.8 Å². The highest BCUT2D eigenvalue weighted by Crippen LogP contribution is 2.24. The maximum Gasteiger partial charge on any atom is 0.239 e.